The van der Waals surface area contributed by atoms with Crippen molar-refractivity contribution in [3.8, 4) is 0 Å². The van der Waals surface area contributed by atoms with Crippen LogP contribution < -0.4 is 4.90 Å². The second kappa shape index (κ2) is 11.3. The first-order chi connectivity index (χ1) is 18.2. The topological polar surface area (TPSA) is 77.9 Å². The van der Waals surface area contributed by atoms with Crippen LogP contribution in [0.4, 0.5) is 5.69 Å². The lowest BCUT2D eigenvalue weighted by atomic mass is 10.00. The van der Waals surface area contributed by atoms with Crippen molar-refractivity contribution >= 4 is 34.2 Å². The number of nitrogens with zero attached hydrogens (tertiary/aromatic N) is 2. The Hall–Kier alpha value is -4.45. The van der Waals surface area contributed by atoms with Crippen molar-refractivity contribution in [2.45, 2.75) is 39.3 Å². The minimum atomic E-state index is -1.15. The predicted octanol–water partition coefficient (Wildman–Crippen LogP) is 5.65. The summed E-state index contributed by atoms with van der Waals surface area (Å²) in [6.07, 6.45) is 0.239. The molecule has 0 aliphatic rings. The van der Waals surface area contributed by atoms with E-state index in [0.717, 1.165) is 27.5 Å². The Labute approximate surface area is 223 Å². The summed E-state index contributed by atoms with van der Waals surface area (Å²) >= 11 is 0. The average Bonchev–Trinajstić information content (AvgIpc) is 2.90. The van der Waals surface area contributed by atoms with Crippen LogP contribution in [0.1, 0.15) is 34.0 Å². The molecular weight excluding hydrogens is 476 g/mol. The zero-order valence-corrected chi connectivity index (χ0v) is 22.1. The summed E-state index contributed by atoms with van der Waals surface area (Å²) in [5, 5.41) is 11.8. The summed E-state index contributed by atoms with van der Waals surface area (Å²) in [4.78, 5) is 42.9. The average molecular weight is 509 g/mol. The molecule has 2 amide bonds. The molecule has 0 saturated carbocycles. The Morgan fingerprint density at radius 1 is 0.789 bits per heavy atom. The number of carbonyl (C=O) groups excluding carboxylic acids is 2. The maximum Gasteiger partial charge on any atom is 0.326 e. The molecule has 1 N–H and O–H groups in total. The molecule has 0 spiro atoms. The van der Waals surface area contributed by atoms with E-state index in [1.807, 2.05) is 86.6 Å². The molecule has 0 fully saturated rings. The third-order valence-electron chi connectivity index (χ3n) is 6.81. The summed E-state index contributed by atoms with van der Waals surface area (Å²) in [7, 11) is 1.61. The first kappa shape index (κ1) is 26.6. The molecule has 0 unspecified atom stereocenters. The number of fused-ring (bicyclic) bond motifs is 1. The first-order valence-corrected chi connectivity index (χ1v) is 12.6. The fourth-order valence-corrected chi connectivity index (χ4v) is 4.81. The quantitative estimate of drug-likeness (QED) is 0.334. The minimum Gasteiger partial charge on any atom is -0.480 e. The number of amides is 2. The predicted molar refractivity (Wildman–Crippen MR) is 150 cm³/mol. The number of aliphatic carboxylic acids is 1. The highest BCUT2D eigenvalue weighted by Gasteiger charge is 2.36. The maximum atomic E-state index is 14.3. The van der Waals surface area contributed by atoms with Crippen molar-refractivity contribution < 1.29 is 19.5 Å². The molecule has 4 rings (SSSR count). The van der Waals surface area contributed by atoms with Gasteiger partial charge in [-0.3, -0.25) is 14.5 Å². The Morgan fingerprint density at radius 3 is 2.03 bits per heavy atom. The normalized spacial score (nSPS) is 12.5. The number of hydrogen-bond donors (Lipinski definition) is 1. The van der Waals surface area contributed by atoms with E-state index in [2.05, 4.69) is 0 Å². The summed E-state index contributed by atoms with van der Waals surface area (Å²) < 4.78 is 0. The van der Waals surface area contributed by atoms with E-state index in [9.17, 15) is 19.5 Å². The molecule has 0 heterocycles. The van der Waals surface area contributed by atoms with Crippen LogP contribution in [0.15, 0.2) is 91.0 Å². The van der Waals surface area contributed by atoms with E-state index in [1.165, 1.54) is 16.7 Å². The van der Waals surface area contributed by atoms with Crippen molar-refractivity contribution in [1.82, 2.24) is 4.90 Å². The lowest BCUT2D eigenvalue weighted by Gasteiger charge is -2.35. The molecule has 0 aliphatic heterocycles. The Kier molecular flexibility index (Phi) is 7.91. The minimum absolute atomic E-state index is 0.239. The van der Waals surface area contributed by atoms with Crippen molar-refractivity contribution in [2.24, 2.45) is 0 Å². The molecule has 194 valence electrons. The van der Waals surface area contributed by atoms with Gasteiger partial charge >= 0.3 is 5.97 Å². The molecule has 4 aromatic rings. The Morgan fingerprint density at radius 2 is 1.39 bits per heavy atom. The molecule has 0 saturated heterocycles. The second-order valence-electron chi connectivity index (χ2n) is 9.75. The fraction of sp³-hybridized carbons (Fsp3) is 0.219. The van der Waals surface area contributed by atoms with Gasteiger partial charge in [-0.25, -0.2) is 4.79 Å². The van der Waals surface area contributed by atoms with E-state index in [4.69, 9.17) is 0 Å². The number of aryl methyl sites for hydroxylation is 2. The van der Waals surface area contributed by atoms with Crippen molar-refractivity contribution in [3.63, 3.8) is 0 Å². The molecule has 0 radical (unpaired) electrons. The van der Waals surface area contributed by atoms with Crippen LogP contribution in [-0.4, -0.2) is 46.9 Å². The van der Waals surface area contributed by atoms with Gasteiger partial charge in [0, 0.05) is 24.7 Å². The summed E-state index contributed by atoms with van der Waals surface area (Å²) in [6.45, 7) is 5.33. The van der Waals surface area contributed by atoms with Gasteiger partial charge in [-0.1, -0.05) is 77.9 Å². The Balaban J connectivity index is 1.79. The summed E-state index contributed by atoms with van der Waals surface area (Å²) in [5.41, 5.74) is 3.72. The molecule has 2 atom stereocenters. The molecule has 0 bridgehead atoms. The number of hydrogen-bond acceptors (Lipinski definition) is 3. The number of carbonyl (C=O) groups is 3. The smallest absolute Gasteiger partial charge is 0.326 e. The lowest BCUT2D eigenvalue weighted by Crippen LogP contribution is -2.54. The van der Waals surface area contributed by atoms with Crippen LogP contribution in [0.5, 0.6) is 0 Å². The number of carboxylic acids is 1. The highest BCUT2D eigenvalue weighted by molar-refractivity contribution is 6.06. The molecule has 6 heteroatoms. The van der Waals surface area contributed by atoms with E-state index < -0.39 is 24.0 Å². The number of carboxylic acid groups (broad SMARTS) is 1. The van der Waals surface area contributed by atoms with Crippen molar-refractivity contribution in [2.75, 3.05) is 11.9 Å². The highest BCUT2D eigenvalue weighted by atomic mass is 16.4. The zero-order valence-electron chi connectivity index (χ0n) is 22.1. The number of anilines is 1. The van der Waals surface area contributed by atoms with Crippen molar-refractivity contribution in [3.05, 3.63) is 113 Å². The molecule has 38 heavy (non-hydrogen) atoms. The summed E-state index contributed by atoms with van der Waals surface area (Å²) in [6, 6.07) is 26.1. The number of likely N-dealkylation sites (N-methyl/N-ethyl adjacent to an activating group) is 1. The van der Waals surface area contributed by atoms with Gasteiger partial charge in [-0.05, 0) is 61.4 Å². The van der Waals surface area contributed by atoms with Crippen LogP contribution in [0.2, 0.25) is 0 Å². The van der Waals surface area contributed by atoms with Crippen LogP contribution in [0.25, 0.3) is 10.8 Å². The van der Waals surface area contributed by atoms with Gasteiger partial charge in [0.2, 0.25) is 0 Å². The van der Waals surface area contributed by atoms with Crippen LogP contribution in [-0.2, 0) is 16.0 Å². The fourth-order valence-electron chi connectivity index (χ4n) is 4.81. The maximum absolute atomic E-state index is 14.3. The molecule has 6 nitrogen and oxygen atoms in total. The number of rotatable bonds is 8. The van der Waals surface area contributed by atoms with Gasteiger partial charge in [-0.15, -0.1) is 0 Å². The standard InChI is InChI=1S/C32H32N2O4/c1-21-16-22(2)18-27(17-21)30(35)33(4)29(19-24-10-6-5-7-11-24)31(36)34(23(3)32(37)38)28-15-14-25-12-8-9-13-26(25)20-28/h5-18,20,23,29H,19H2,1-4H3,(H,37,38)/t23-,29-/m0/s1. The van der Waals surface area contributed by atoms with Crippen LogP contribution >= 0.6 is 0 Å². The monoisotopic (exact) mass is 508 g/mol. The molecule has 4 aromatic carbocycles. The third kappa shape index (κ3) is 5.75. The Bertz CT molecular complexity index is 1460. The van der Waals surface area contributed by atoms with E-state index in [-0.39, 0.29) is 12.3 Å². The molecular formula is C32H32N2O4. The van der Waals surface area contributed by atoms with E-state index in [0.29, 0.717) is 11.3 Å². The lowest BCUT2D eigenvalue weighted by molar-refractivity contribution is -0.140. The van der Waals surface area contributed by atoms with E-state index >= 15 is 0 Å². The molecule has 0 aromatic heterocycles. The van der Waals surface area contributed by atoms with Gasteiger partial charge < -0.3 is 10.0 Å². The van der Waals surface area contributed by atoms with Gasteiger partial charge in [0.1, 0.15) is 12.1 Å². The number of benzene rings is 4. The molecule has 0 aliphatic carbocycles. The van der Waals surface area contributed by atoms with Crippen molar-refractivity contribution in [1.29, 1.82) is 0 Å². The van der Waals surface area contributed by atoms with Gasteiger partial charge in [0.15, 0.2) is 0 Å². The van der Waals surface area contributed by atoms with Gasteiger partial charge in [-0.2, -0.15) is 0 Å². The second-order valence-corrected chi connectivity index (χ2v) is 9.75. The third-order valence-corrected chi connectivity index (χ3v) is 6.81. The zero-order chi connectivity index (χ0) is 27.4. The van der Waals surface area contributed by atoms with Crippen LogP contribution in [0, 0.1) is 13.8 Å². The van der Waals surface area contributed by atoms with Gasteiger partial charge in [0.05, 0.1) is 0 Å². The largest absolute Gasteiger partial charge is 0.480 e. The highest BCUT2D eigenvalue weighted by Crippen LogP contribution is 2.26. The van der Waals surface area contributed by atoms with Gasteiger partial charge in [0.25, 0.3) is 11.8 Å². The summed E-state index contributed by atoms with van der Waals surface area (Å²) in [5.74, 6) is -1.89. The SMILES string of the molecule is Cc1cc(C)cc(C(=O)N(C)[C@@H](Cc2ccccc2)C(=O)N(c2ccc3ccccc3c2)[C@@H](C)C(=O)O)c1. The van der Waals surface area contributed by atoms with Crippen LogP contribution in [0.3, 0.4) is 0 Å². The first-order valence-electron chi connectivity index (χ1n) is 12.6. The van der Waals surface area contributed by atoms with E-state index in [1.54, 1.807) is 25.2 Å².